The molecular formula is C9H10N4O2S. The number of hydrogen-bond donors (Lipinski definition) is 2. The van der Waals surface area contributed by atoms with E-state index in [-0.39, 0.29) is 11.8 Å². The first kappa shape index (κ1) is 10.7. The first-order valence-corrected chi connectivity index (χ1v) is 5.56. The van der Waals surface area contributed by atoms with E-state index in [1.807, 2.05) is 6.92 Å². The molecule has 0 atom stereocenters. The maximum absolute atomic E-state index is 11.7. The lowest BCUT2D eigenvalue weighted by Crippen LogP contribution is -2.32. The number of hydrogen-bond acceptors (Lipinski definition) is 5. The highest BCUT2D eigenvalue weighted by molar-refractivity contribution is 7.15. The average molecular weight is 238 g/mol. The molecule has 1 aromatic rings. The lowest BCUT2D eigenvalue weighted by Gasteiger charge is -2.10. The van der Waals surface area contributed by atoms with Crippen molar-refractivity contribution in [3.63, 3.8) is 0 Å². The molecule has 1 aliphatic heterocycles. The number of amides is 2. The third kappa shape index (κ3) is 2.43. The van der Waals surface area contributed by atoms with Crippen molar-refractivity contribution in [1.29, 1.82) is 0 Å². The minimum atomic E-state index is -0.311. The second-order valence-corrected chi connectivity index (χ2v) is 4.56. The highest BCUT2D eigenvalue weighted by Gasteiger charge is 2.18. The van der Waals surface area contributed by atoms with Crippen LogP contribution >= 0.6 is 11.3 Å². The van der Waals surface area contributed by atoms with E-state index in [4.69, 9.17) is 0 Å². The molecule has 0 aliphatic carbocycles. The number of carbonyl (C=O) groups is 2. The molecule has 2 N–H and O–H groups in total. The van der Waals surface area contributed by atoms with E-state index in [0.717, 1.165) is 4.88 Å². The first-order valence-electron chi connectivity index (χ1n) is 4.74. The molecule has 2 heterocycles. The second kappa shape index (κ2) is 4.40. The molecule has 16 heavy (non-hydrogen) atoms. The summed E-state index contributed by atoms with van der Waals surface area (Å²) in [5.41, 5.74) is 2.60. The van der Waals surface area contributed by atoms with E-state index in [9.17, 15) is 9.59 Å². The number of hydrazone groups is 1. The van der Waals surface area contributed by atoms with Crippen LogP contribution in [0.3, 0.4) is 0 Å². The fourth-order valence-electron chi connectivity index (χ4n) is 1.22. The SMILES string of the molecule is Cc1cnc(NC(=O)C2=NNC(=O)CC2)s1. The average Bonchev–Trinajstić information content (AvgIpc) is 2.65. The van der Waals surface area contributed by atoms with Crippen molar-refractivity contribution < 1.29 is 9.59 Å². The molecule has 0 bridgehead atoms. The topological polar surface area (TPSA) is 83.4 Å². The van der Waals surface area contributed by atoms with Crippen molar-refractivity contribution in [1.82, 2.24) is 10.4 Å². The van der Waals surface area contributed by atoms with Gasteiger partial charge in [-0.1, -0.05) is 0 Å². The minimum Gasteiger partial charge on any atom is -0.297 e. The van der Waals surface area contributed by atoms with E-state index in [1.54, 1.807) is 6.20 Å². The lowest BCUT2D eigenvalue weighted by atomic mass is 10.2. The van der Waals surface area contributed by atoms with Gasteiger partial charge in [-0.3, -0.25) is 14.9 Å². The molecule has 1 aromatic heterocycles. The highest BCUT2D eigenvalue weighted by atomic mass is 32.1. The molecule has 0 saturated heterocycles. The Balaban J connectivity index is 2.01. The summed E-state index contributed by atoms with van der Waals surface area (Å²) in [7, 11) is 0. The number of nitrogens with zero attached hydrogens (tertiary/aromatic N) is 2. The van der Waals surface area contributed by atoms with Crippen LogP contribution in [0.4, 0.5) is 5.13 Å². The molecule has 0 spiro atoms. The zero-order valence-corrected chi connectivity index (χ0v) is 9.43. The molecule has 2 amide bonds. The Morgan fingerprint density at radius 2 is 2.38 bits per heavy atom. The van der Waals surface area contributed by atoms with E-state index in [0.29, 0.717) is 23.7 Å². The van der Waals surface area contributed by atoms with Crippen LogP contribution in [-0.4, -0.2) is 22.5 Å². The standard InChI is InChI=1S/C9H10N4O2S/c1-5-4-10-9(16-5)11-8(15)6-2-3-7(14)13-12-6/h4H,2-3H2,1H3,(H,13,14)(H,10,11,15). The van der Waals surface area contributed by atoms with Crippen LogP contribution in [0, 0.1) is 6.92 Å². The van der Waals surface area contributed by atoms with Crippen molar-refractivity contribution in [3.8, 4) is 0 Å². The Morgan fingerprint density at radius 3 is 2.94 bits per heavy atom. The van der Waals surface area contributed by atoms with Crippen molar-refractivity contribution in [2.45, 2.75) is 19.8 Å². The van der Waals surface area contributed by atoms with Gasteiger partial charge in [-0.15, -0.1) is 11.3 Å². The zero-order chi connectivity index (χ0) is 11.5. The number of aromatic nitrogens is 1. The van der Waals surface area contributed by atoms with Crippen LogP contribution < -0.4 is 10.7 Å². The number of nitrogens with one attached hydrogen (secondary N) is 2. The summed E-state index contributed by atoms with van der Waals surface area (Å²) in [6, 6.07) is 0. The molecule has 6 nitrogen and oxygen atoms in total. The number of carbonyl (C=O) groups excluding carboxylic acids is 2. The predicted molar refractivity (Wildman–Crippen MR) is 60.3 cm³/mol. The molecule has 2 rings (SSSR count). The van der Waals surface area contributed by atoms with Gasteiger partial charge in [0, 0.05) is 23.9 Å². The fraction of sp³-hybridized carbons (Fsp3) is 0.333. The van der Waals surface area contributed by atoms with Gasteiger partial charge < -0.3 is 0 Å². The number of rotatable bonds is 2. The third-order valence-corrected chi connectivity index (χ3v) is 2.84. The summed E-state index contributed by atoms with van der Waals surface area (Å²) < 4.78 is 0. The lowest BCUT2D eigenvalue weighted by molar-refractivity contribution is -0.121. The normalized spacial score (nSPS) is 15.3. The van der Waals surface area contributed by atoms with Crippen LogP contribution in [0.5, 0.6) is 0 Å². The zero-order valence-electron chi connectivity index (χ0n) is 8.61. The van der Waals surface area contributed by atoms with Gasteiger partial charge in [0.15, 0.2) is 5.13 Å². The Labute approximate surface area is 95.8 Å². The summed E-state index contributed by atoms with van der Waals surface area (Å²) >= 11 is 1.40. The van der Waals surface area contributed by atoms with Crippen molar-refractivity contribution in [2.75, 3.05) is 5.32 Å². The van der Waals surface area contributed by atoms with E-state index in [2.05, 4.69) is 20.8 Å². The predicted octanol–water partition coefficient (Wildman–Crippen LogP) is 0.656. The Bertz CT molecular complexity index is 466. The number of aryl methyl sites for hydroxylation is 1. The molecule has 0 radical (unpaired) electrons. The maximum atomic E-state index is 11.7. The van der Waals surface area contributed by atoms with Gasteiger partial charge in [-0.2, -0.15) is 5.10 Å². The van der Waals surface area contributed by atoms with Crippen LogP contribution in [-0.2, 0) is 9.59 Å². The van der Waals surface area contributed by atoms with Crippen LogP contribution in [0.1, 0.15) is 17.7 Å². The molecule has 0 saturated carbocycles. The third-order valence-electron chi connectivity index (χ3n) is 2.01. The number of thiazole rings is 1. The molecule has 1 aliphatic rings. The first-order chi connectivity index (χ1) is 7.65. The monoisotopic (exact) mass is 238 g/mol. The molecule has 0 fully saturated rings. The Kier molecular flexibility index (Phi) is 2.95. The van der Waals surface area contributed by atoms with Gasteiger partial charge in [-0.05, 0) is 6.92 Å². The maximum Gasteiger partial charge on any atom is 0.273 e. The molecule has 0 unspecified atom stereocenters. The van der Waals surface area contributed by atoms with Gasteiger partial charge in [0.2, 0.25) is 5.91 Å². The smallest absolute Gasteiger partial charge is 0.273 e. The molecular weight excluding hydrogens is 228 g/mol. The minimum absolute atomic E-state index is 0.165. The van der Waals surface area contributed by atoms with Gasteiger partial charge in [-0.25, -0.2) is 10.4 Å². The largest absolute Gasteiger partial charge is 0.297 e. The highest BCUT2D eigenvalue weighted by Crippen LogP contribution is 2.16. The van der Waals surface area contributed by atoms with Crippen LogP contribution in [0.25, 0.3) is 0 Å². The Morgan fingerprint density at radius 1 is 1.56 bits per heavy atom. The molecule has 7 heteroatoms. The van der Waals surface area contributed by atoms with E-state index >= 15 is 0 Å². The van der Waals surface area contributed by atoms with Crippen LogP contribution in [0.2, 0.25) is 0 Å². The summed E-state index contributed by atoms with van der Waals surface area (Å²) in [4.78, 5) is 27.5. The van der Waals surface area contributed by atoms with Gasteiger partial charge >= 0.3 is 0 Å². The summed E-state index contributed by atoms with van der Waals surface area (Å²) in [5.74, 6) is -0.476. The quantitative estimate of drug-likeness (QED) is 0.793. The van der Waals surface area contributed by atoms with E-state index in [1.165, 1.54) is 11.3 Å². The molecule has 84 valence electrons. The molecule has 0 aromatic carbocycles. The summed E-state index contributed by atoms with van der Waals surface area (Å²) in [6.07, 6.45) is 2.34. The Hall–Kier alpha value is -1.76. The van der Waals surface area contributed by atoms with Crippen molar-refractivity contribution >= 4 is 34.0 Å². The van der Waals surface area contributed by atoms with Gasteiger partial charge in [0.25, 0.3) is 5.91 Å². The van der Waals surface area contributed by atoms with Crippen LogP contribution in [0.15, 0.2) is 11.3 Å². The summed E-state index contributed by atoms with van der Waals surface area (Å²) in [6.45, 7) is 1.91. The summed E-state index contributed by atoms with van der Waals surface area (Å²) in [5, 5.41) is 6.87. The second-order valence-electron chi connectivity index (χ2n) is 3.32. The van der Waals surface area contributed by atoms with E-state index < -0.39 is 0 Å². The number of anilines is 1. The van der Waals surface area contributed by atoms with Crippen molar-refractivity contribution in [2.24, 2.45) is 5.10 Å². The van der Waals surface area contributed by atoms with Crippen molar-refractivity contribution in [3.05, 3.63) is 11.1 Å². The fourth-order valence-corrected chi connectivity index (χ4v) is 1.88. The van der Waals surface area contributed by atoms with Gasteiger partial charge in [0.05, 0.1) is 0 Å². The van der Waals surface area contributed by atoms with Gasteiger partial charge in [0.1, 0.15) is 5.71 Å².